The second kappa shape index (κ2) is 6.24. The third kappa shape index (κ3) is 3.21. The first kappa shape index (κ1) is 15.5. The Hall–Kier alpha value is -0.920. The molecule has 0 bridgehead atoms. The first-order valence-electron chi connectivity index (χ1n) is 5.84. The summed E-state index contributed by atoms with van der Waals surface area (Å²) in [6, 6.07) is 9.98. The molecule has 7 heteroatoms. The van der Waals surface area contributed by atoms with Crippen LogP contribution in [0, 0.1) is 0 Å². The zero-order chi connectivity index (χ0) is 14.8. The maximum Gasteiger partial charge on any atom is 0.243 e. The topological polar surface area (TPSA) is 57.6 Å². The zero-order valence-electron chi connectivity index (χ0n) is 10.8. The molecule has 4 nitrogen and oxygen atoms in total. The van der Waals surface area contributed by atoms with Crippen LogP contribution in [0.25, 0.3) is 0 Å². The molecule has 1 heterocycles. The molecule has 0 radical (unpaired) electrons. The fourth-order valence-corrected chi connectivity index (χ4v) is 4.38. The molecule has 2 aromatic rings. The maximum absolute atomic E-state index is 12.5. The molecule has 0 saturated carbocycles. The molecule has 1 aromatic carbocycles. The van der Waals surface area contributed by atoms with Gasteiger partial charge >= 0.3 is 0 Å². The van der Waals surface area contributed by atoms with Crippen molar-refractivity contribution in [3.8, 4) is 0 Å². The number of aliphatic hydroxyl groups excluding tert-OH is 1. The van der Waals surface area contributed by atoms with E-state index in [-0.39, 0.29) is 18.0 Å². The van der Waals surface area contributed by atoms with Gasteiger partial charge in [0.05, 0.1) is 15.8 Å². The Bertz CT molecular complexity index is 697. The van der Waals surface area contributed by atoms with Crippen molar-refractivity contribution in [2.45, 2.75) is 18.0 Å². The number of sulfonamides is 1. The summed E-state index contributed by atoms with van der Waals surface area (Å²) in [6.07, 6.45) is 0. The molecule has 20 heavy (non-hydrogen) atoms. The SMILES string of the molecule is CN(Cc1ccc(Cl)s1)S(=O)(=O)c1ccccc1CO. The summed E-state index contributed by atoms with van der Waals surface area (Å²) in [5.41, 5.74) is 0.392. The van der Waals surface area contributed by atoms with E-state index in [1.165, 1.54) is 28.8 Å². The summed E-state index contributed by atoms with van der Waals surface area (Å²) < 4.78 is 26.9. The van der Waals surface area contributed by atoms with Gasteiger partial charge in [0.15, 0.2) is 0 Å². The van der Waals surface area contributed by atoms with E-state index in [4.69, 9.17) is 11.6 Å². The fraction of sp³-hybridized carbons (Fsp3) is 0.231. The molecule has 0 unspecified atom stereocenters. The van der Waals surface area contributed by atoms with Gasteiger partial charge in [-0.1, -0.05) is 29.8 Å². The summed E-state index contributed by atoms with van der Waals surface area (Å²) in [5.74, 6) is 0. The highest BCUT2D eigenvalue weighted by Gasteiger charge is 2.23. The van der Waals surface area contributed by atoms with E-state index in [0.29, 0.717) is 9.90 Å². The van der Waals surface area contributed by atoms with Gasteiger partial charge in [-0.25, -0.2) is 8.42 Å². The van der Waals surface area contributed by atoms with E-state index in [9.17, 15) is 13.5 Å². The molecule has 0 amide bonds. The van der Waals surface area contributed by atoms with Gasteiger partial charge in [0, 0.05) is 18.5 Å². The lowest BCUT2D eigenvalue weighted by Gasteiger charge is -2.18. The minimum Gasteiger partial charge on any atom is -0.392 e. The minimum absolute atomic E-state index is 0.132. The van der Waals surface area contributed by atoms with Crippen molar-refractivity contribution < 1.29 is 13.5 Å². The maximum atomic E-state index is 12.5. The lowest BCUT2D eigenvalue weighted by atomic mass is 10.2. The Labute approximate surface area is 127 Å². The first-order valence-corrected chi connectivity index (χ1v) is 8.48. The predicted octanol–water partition coefficient (Wildman–Crippen LogP) is 2.71. The van der Waals surface area contributed by atoms with E-state index in [1.54, 1.807) is 30.3 Å². The van der Waals surface area contributed by atoms with Gasteiger partial charge < -0.3 is 5.11 Å². The Morgan fingerprint density at radius 2 is 1.95 bits per heavy atom. The highest BCUT2D eigenvalue weighted by molar-refractivity contribution is 7.89. The fourth-order valence-electron chi connectivity index (χ4n) is 1.80. The van der Waals surface area contributed by atoms with Crippen LogP contribution in [0.5, 0.6) is 0 Å². The number of aliphatic hydroxyl groups is 1. The van der Waals surface area contributed by atoms with Crippen LogP contribution in [-0.4, -0.2) is 24.9 Å². The van der Waals surface area contributed by atoms with E-state index < -0.39 is 10.0 Å². The number of hydrogen-bond acceptors (Lipinski definition) is 4. The third-order valence-corrected chi connectivity index (χ3v) is 5.96. The second-order valence-corrected chi connectivity index (χ2v) is 8.05. The van der Waals surface area contributed by atoms with Crippen LogP contribution in [0.3, 0.4) is 0 Å². The normalized spacial score (nSPS) is 12.0. The van der Waals surface area contributed by atoms with Crippen molar-refractivity contribution in [2.75, 3.05) is 7.05 Å². The molecular formula is C13H14ClNO3S2. The van der Waals surface area contributed by atoms with E-state index >= 15 is 0 Å². The van der Waals surface area contributed by atoms with Crippen molar-refractivity contribution in [3.05, 3.63) is 51.2 Å². The van der Waals surface area contributed by atoms with Crippen LogP contribution in [0.15, 0.2) is 41.3 Å². The van der Waals surface area contributed by atoms with Crippen molar-refractivity contribution in [3.63, 3.8) is 0 Å². The summed E-state index contributed by atoms with van der Waals surface area (Å²) in [7, 11) is -2.12. The molecule has 0 atom stereocenters. The minimum atomic E-state index is -3.63. The molecule has 0 saturated heterocycles. The largest absolute Gasteiger partial charge is 0.392 e. The average molecular weight is 332 g/mol. The van der Waals surface area contributed by atoms with Crippen molar-refractivity contribution >= 4 is 33.0 Å². The quantitative estimate of drug-likeness (QED) is 0.916. The predicted molar refractivity (Wildman–Crippen MR) is 80.3 cm³/mol. The van der Waals surface area contributed by atoms with Crippen LogP contribution < -0.4 is 0 Å². The van der Waals surface area contributed by atoms with E-state index in [2.05, 4.69) is 0 Å². The van der Waals surface area contributed by atoms with E-state index in [1.807, 2.05) is 0 Å². The molecular weight excluding hydrogens is 318 g/mol. The molecule has 108 valence electrons. The Morgan fingerprint density at radius 3 is 2.55 bits per heavy atom. The van der Waals surface area contributed by atoms with E-state index in [0.717, 1.165) is 4.88 Å². The number of benzene rings is 1. The van der Waals surface area contributed by atoms with Crippen LogP contribution in [0.4, 0.5) is 0 Å². The summed E-state index contributed by atoms with van der Waals surface area (Å²) >= 11 is 7.19. The van der Waals surface area contributed by atoms with Crippen LogP contribution in [0.2, 0.25) is 4.34 Å². The lowest BCUT2D eigenvalue weighted by Crippen LogP contribution is -2.27. The van der Waals surface area contributed by atoms with Gasteiger partial charge in [-0.15, -0.1) is 11.3 Å². The molecule has 2 rings (SSSR count). The standard InChI is InChI=1S/C13H14ClNO3S2/c1-15(8-11-6-7-13(14)19-11)20(17,18)12-5-3-2-4-10(12)9-16/h2-7,16H,8-9H2,1H3. The van der Waals surface area contributed by atoms with Gasteiger partial charge in [0.25, 0.3) is 0 Å². The molecule has 0 fully saturated rings. The monoisotopic (exact) mass is 331 g/mol. The van der Waals surface area contributed by atoms with Crippen molar-refractivity contribution in [1.29, 1.82) is 0 Å². The Morgan fingerprint density at radius 1 is 1.25 bits per heavy atom. The van der Waals surface area contributed by atoms with Crippen LogP contribution in [0.1, 0.15) is 10.4 Å². The summed E-state index contributed by atoms with van der Waals surface area (Å²) in [5, 5.41) is 9.26. The van der Waals surface area contributed by atoms with Gasteiger partial charge in [0.2, 0.25) is 10.0 Å². The van der Waals surface area contributed by atoms with Crippen molar-refractivity contribution in [2.24, 2.45) is 0 Å². The summed E-state index contributed by atoms with van der Waals surface area (Å²) in [6.45, 7) is -0.0619. The van der Waals surface area contributed by atoms with Crippen LogP contribution >= 0.6 is 22.9 Å². The van der Waals surface area contributed by atoms with Gasteiger partial charge in [-0.3, -0.25) is 0 Å². The smallest absolute Gasteiger partial charge is 0.243 e. The third-order valence-electron chi connectivity index (χ3n) is 2.84. The Kier molecular flexibility index (Phi) is 4.82. The lowest BCUT2D eigenvalue weighted by molar-refractivity contribution is 0.278. The molecule has 0 aliphatic carbocycles. The van der Waals surface area contributed by atoms with Crippen molar-refractivity contribution in [1.82, 2.24) is 4.31 Å². The number of nitrogens with zero attached hydrogens (tertiary/aromatic N) is 1. The number of hydrogen-bond donors (Lipinski definition) is 1. The Balaban J connectivity index is 2.29. The molecule has 1 N–H and O–H groups in total. The highest BCUT2D eigenvalue weighted by atomic mass is 35.5. The van der Waals surface area contributed by atoms with Gasteiger partial charge in [-0.2, -0.15) is 4.31 Å². The number of halogens is 1. The van der Waals surface area contributed by atoms with Crippen LogP contribution in [-0.2, 0) is 23.2 Å². The van der Waals surface area contributed by atoms with Gasteiger partial charge in [0.1, 0.15) is 0 Å². The summed E-state index contributed by atoms with van der Waals surface area (Å²) in [4.78, 5) is 0.996. The molecule has 0 aliphatic heterocycles. The zero-order valence-corrected chi connectivity index (χ0v) is 13.2. The highest BCUT2D eigenvalue weighted by Crippen LogP contribution is 2.25. The molecule has 0 aliphatic rings. The number of rotatable bonds is 5. The second-order valence-electron chi connectivity index (χ2n) is 4.23. The number of thiophene rings is 1. The van der Waals surface area contributed by atoms with Gasteiger partial charge in [-0.05, 0) is 23.8 Å². The first-order chi connectivity index (χ1) is 9.45. The average Bonchev–Trinajstić information content (AvgIpc) is 2.84. The molecule has 1 aromatic heterocycles. The molecule has 0 spiro atoms.